The molecule has 20 heavy (non-hydrogen) atoms. The van der Waals surface area contributed by atoms with Gasteiger partial charge in [-0.05, 0) is 49.5 Å². The maximum Gasteiger partial charge on any atom is 0.200 e. The van der Waals surface area contributed by atoms with Gasteiger partial charge in [0.25, 0.3) is 0 Å². The van der Waals surface area contributed by atoms with E-state index in [0.717, 1.165) is 18.9 Å². The summed E-state index contributed by atoms with van der Waals surface area (Å²) in [6.45, 7) is 2.07. The predicted octanol–water partition coefficient (Wildman–Crippen LogP) is 1.05. The third-order valence-electron chi connectivity index (χ3n) is 4.03. The van der Waals surface area contributed by atoms with E-state index in [1.807, 2.05) is 12.1 Å². The molecule has 0 radical (unpaired) electrons. The number of rotatable bonds is 5. The molecule has 1 aliphatic carbocycles. The molecule has 1 N–H and O–H groups in total. The predicted molar refractivity (Wildman–Crippen MR) is 76.5 cm³/mol. The molecule has 0 aromatic carbocycles. The topological polar surface area (TPSA) is 71.2 Å². The van der Waals surface area contributed by atoms with Crippen LogP contribution in [0.2, 0.25) is 0 Å². The van der Waals surface area contributed by atoms with E-state index in [1.54, 1.807) is 0 Å². The number of fused-ring (bicyclic) bond motifs is 1. The highest BCUT2D eigenvalue weighted by atomic mass is 15.6. The Morgan fingerprint density at radius 3 is 2.85 bits per heavy atom. The number of hydrogen-bond donors (Lipinski definition) is 1. The molecule has 0 amide bonds. The Morgan fingerprint density at radius 2 is 2.10 bits per heavy atom. The fourth-order valence-electron chi connectivity index (χ4n) is 3.21. The molecule has 0 spiro atoms. The van der Waals surface area contributed by atoms with Crippen LogP contribution in [0.25, 0.3) is 5.65 Å². The molecule has 7 heteroatoms. The maximum absolute atomic E-state index is 4.36. The summed E-state index contributed by atoms with van der Waals surface area (Å²) in [6, 6.07) is 3.81. The first-order valence-electron chi connectivity index (χ1n) is 7.11. The minimum Gasteiger partial charge on any atom is -0.368 e. The van der Waals surface area contributed by atoms with Crippen molar-refractivity contribution < 1.29 is 0 Å². The Kier molecular flexibility index (Phi) is 3.52. The Labute approximate surface area is 118 Å². The van der Waals surface area contributed by atoms with Gasteiger partial charge in [0.2, 0.25) is 0 Å². The molecule has 0 saturated heterocycles. The van der Waals surface area contributed by atoms with Gasteiger partial charge in [-0.15, -0.1) is 14.8 Å². The molecule has 2 aromatic heterocycles. The summed E-state index contributed by atoms with van der Waals surface area (Å²) in [4.78, 5) is 2.28. The average Bonchev–Trinajstić information content (AvgIpc) is 3.04. The standard InChI is InChI=1S/C13H21N7/c1-19(2)10-13(7-3-4-8-13)9-14-11-5-6-12-15-17-18-20(12)16-11/h5-6H,3-4,7-10H2,1-2H3,(H,14,16). The summed E-state index contributed by atoms with van der Waals surface area (Å²) in [7, 11) is 4.29. The summed E-state index contributed by atoms with van der Waals surface area (Å²) in [5.74, 6) is 0.829. The lowest BCUT2D eigenvalue weighted by Crippen LogP contribution is -2.37. The van der Waals surface area contributed by atoms with Crippen LogP contribution in [0.5, 0.6) is 0 Å². The van der Waals surface area contributed by atoms with Crippen LogP contribution in [0.3, 0.4) is 0 Å². The van der Waals surface area contributed by atoms with E-state index in [9.17, 15) is 0 Å². The smallest absolute Gasteiger partial charge is 0.200 e. The van der Waals surface area contributed by atoms with Crippen molar-refractivity contribution >= 4 is 11.5 Å². The van der Waals surface area contributed by atoms with Crippen molar-refractivity contribution in [2.24, 2.45) is 5.41 Å². The zero-order chi connectivity index (χ0) is 14.0. The van der Waals surface area contributed by atoms with Gasteiger partial charge in [0.15, 0.2) is 5.65 Å². The van der Waals surface area contributed by atoms with Gasteiger partial charge >= 0.3 is 0 Å². The van der Waals surface area contributed by atoms with Crippen LogP contribution in [0.1, 0.15) is 25.7 Å². The van der Waals surface area contributed by atoms with Crippen LogP contribution < -0.4 is 5.32 Å². The summed E-state index contributed by atoms with van der Waals surface area (Å²) >= 11 is 0. The first-order valence-corrected chi connectivity index (χ1v) is 7.11. The second-order valence-corrected chi connectivity index (χ2v) is 6.04. The molecule has 2 heterocycles. The highest BCUT2D eigenvalue weighted by Crippen LogP contribution is 2.38. The van der Waals surface area contributed by atoms with Crippen LogP contribution in [-0.2, 0) is 0 Å². The van der Waals surface area contributed by atoms with Crippen LogP contribution in [-0.4, -0.2) is 57.3 Å². The number of hydrogen-bond acceptors (Lipinski definition) is 6. The van der Waals surface area contributed by atoms with Crippen LogP contribution in [0.4, 0.5) is 5.82 Å². The molecule has 1 saturated carbocycles. The van der Waals surface area contributed by atoms with E-state index in [2.05, 4.69) is 44.9 Å². The van der Waals surface area contributed by atoms with Crippen LogP contribution in [0, 0.1) is 5.41 Å². The van der Waals surface area contributed by atoms with Gasteiger partial charge in [0.05, 0.1) is 0 Å². The first-order chi connectivity index (χ1) is 9.67. The summed E-state index contributed by atoms with van der Waals surface area (Å²) < 4.78 is 1.45. The molecular formula is C13H21N7. The normalized spacial score (nSPS) is 17.9. The molecule has 0 bridgehead atoms. The van der Waals surface area contributed by atoms with Crippen molar-refractivity contribution in [3.63, 3.8) is 0 Å². The molecule has 108 valence electrons. The minimum atomic E-state index is 0.362. The van der Waals surface area contributed by atoms with Gasteiger partial charge in [0.1, 0.15) is 5.82 Å². The number of aromatic nitrogens is 5. The third-order valence-corrected chi connectivity index (χ3v) is 4.03. The fourth-order valence-corrected chi connectivity index (χ4v) is 3.21. The van der Waals surface area contributed by atoms with E-state index in [4.69, 9.17) is 0 Å². The summed E-state index contributed by atoms with van der Waals surface area (Å²) in [5, 5.41) is 19.1. The van der Waals surface area contributed by atoms with Gasteiger partial charge in [-0.3, -0.25) is 0 Å². The Balaban J connectivity index is 1.70. The van der Waals surface area contributed by atoms with Crippen molar-refractivity contribution in [1.29, 1.82) is 0 Å². The quantitative estimate of drug-likeness (QED) is 0.879. The molecule has 7 nitrogen and oxygen atoms in total. The number of tetrazole rings is 1. The first kappa shape index (κ1) is 13.2. The third kappa shape index (κ3) is 2.72. The summed E-state index contributed by atoms with van der Waals surface area (Å²) in [6.07, 6.45) is 5.22. The molecule has 1 aliphatic rings. The van der Waals surface area contributed by atoms with Crippen LogP contribution >= 0.6 is 0 Å². The Bertz CT molecular complexity index is 571. The van der Waals surface area contributed by atoms with E-state index < -0.39 is 0 Å². The van der Waals surface area contributed by atoms with Crippen molar-refractivity contribution in [2.45, 2.75) is 25.7 Å². The molecule has 2 aromatic rings. The van der Waals surface area contributed by atoms with Gasteiger partial charge < -0.3 is 10.2 Å². The molecule has 0 unspecified atom stereocenters. The maximum atomic E-state index is 4.36. The highest BCUT2D eigenvalue weighted by molar-refractivity contribution is 5.42. The lowest BCUT2D eigenvalue weighted by atomic mass is 9.85. The fraction of sp³-hybridized carbons (Fsp3) is 0.692. The monoisotopic (exact) mass is 275 g/mol. The van der Waals surface area contributed by atoms with Crippen molar-refractivity contribution in [3.8, 4) is 0 Å². The number of nitrogens with one attached hydrogen (secondary N) is 1. The van der Waals surface area contributed by atoms with E-state index in [-0.39, 0.29) is 0 Å². The molecule has 0 atom stereocenters. The lowest BCUT2D eigenvalue weighted by molar-refractivity contribution is 0.215. The van der Waals surface area contributed by atoms with Gasteiger partial charge in [-0.2, -0.15) is 0 Å². The average molecular weight is 275 g/mol. The minimum absolute atomic E-state index is 0.362. The van der Waals surface area contributed by atoms with Crippen molar-refractivity contribution in [1.82, 2.24) is 30.2 Å². The second-order valence-electron chi connectivity index (χ2n) is 6.04. The van der Waals surface area contributed by atoms with E-state index in [1.165, 1.54) is 30.3 Å². The number of nitrogens with zero attached hydrogens (tertiary/aromatic N) is 6. The largest absolute Gasteiger partial charge is 0.368 e. The van der Waals surface area contributed by atoms with E-state index in [0.29, 0.717) is 11.1 Å². The van der Waals surface area contributed by atoms with Crippen molar-refractivity contribution in [2.75, 3.05) is 32.5 Å². The SMILES string of the molecule is CN(C)CC1(CNc2ccc3nnnn3n2)CCCC1. The summed E-state index contributed by atoms with van der Waals surface area (Å²) in [5.41, 5.74) is 1.03. The van der Waals surface area contributed by atoms with E-state index >= 15 is 0 Å². The zero-order valence-electron chi connectivity index (χ0n) is 12.1. The Morgan fingerprint density at radius 1 is 1.30 bits per heavy atom. The molecule has 0 aliphatic heterocycles. The van der Waals surface area contributed by atoms with Crippen molar-refractivity contribution in [3.05, 3.63) is 12.1 Å². The zero-order valence-corrected chi connectivity index (χ0v) is 12.1. The lowest BCUT2D eigenvalue weighted by Gasteiger charge is -2.32. The number of anilines is 1. The van der Waals surface area contributed by atoms with Gasteiger partial charge in [-0.1, -0.05) is 12.8 Å². The Hall–Kier alpha value is -1.76. The van der Waals surface area contributed by atoms with Gasteiger partial charge in [-0.25, -0.2) is 0 Å². The van der Waals surface area contributed by atoms with Crippen LogP contribution in [0.15, 0.2) is 12.1 Å². The molecule has 3 rings (SSSR count). The highest BCUT2D eigenvalue weighted by Gasteiger charge is 2.34. The van der Waals surface area contributed by atoms with Gasteiger partial charge in [0, 0.05) is 18.5 Å². The molecule has 1 fully saturated rings. The second kappa shape index (κ2) is 5.32. The molecular weight excluding hydrogens is 254 g/mol.